The number of hydrogen-bond acceptors (Lipinski definition) is 8. The van der Waals surface area contributed by atoms with Gasteiger partial charge in [-0.05, 0) is 44.7 Å². The Bertz CT molecular complexity index is 1200. The van der Waals surface area contributed by atoms with Crippen LogP contribution in [0, 0.1) is 11.8 Å². The highest BCUT2D eigenvalue weighted by Gasteiger charge is 2.75. The molecule has 2 amide bonds. The highest BCUT2D eigenvalue weighted by atomic mass is 16.6. The first-order valence-electron chi connectivity index (χ1n) is 12.9. The Morgan fingerprint density at radius 2 is 2.16 bits per heavy atom. The number of fused-ring (bicyclic) bond motifs is 2. The minimum Gasteiger partial charge on any atom is -0.466 e. The molecule has 3 saturated heterocycles. The van der Waals surface area contributed by atoms with Crippen LogP contribution in [0.2, 0.25) is 0 Å². The second-order valence-corrected chi connectivity index (χ2v) is 9.84. The van der Waals surface area contributed by atoms with Crippen molar-refractivity contribution < 1.29 is 29.0 Å². The summed E-state index contributed by atoms with van der Waals surface area (Å²) in [5.41, 5.74) is 0.395. The Morgan fingerprint density at radius 3 is 2.92 bits per heavy atom. The number of rotatable bonds is 11. The Kier molecular flexibility index (Phi) is 7.00. The average Bonchev–Trinajstić information content (AvgIpc) is 3.64. The number of benzene rings is 1. The summed E-state index contributed by atoms with van der Waals surface area (Å²) in [6.45, 7) is 6.38. The molecule has 5 atom stereocenters. The normalized spacial score (nSPS) is 28.1. The first-order chi connectivity index (χ1) is 18.0. The van der Waals surface area contributed by atoms with Crippen molar-refractivity contribution in [3.8, 4) is 0 Å². The van der Waals surface area contributed by atoms with Gasteiger partial charge in [0.2, 0.25) is 11.8 Å². The zero-order valence-electron chi connectivity index (χ0n) is 21.0. The molecule has 1 aromatic heterocycles. The standard InChI is InChI=1S/C26H33N5O6/c1-3-13-29(16-31-18-10-6-5-9-17(18)27-28-31)24(34)22-26-12-11-19(37-26)20(25(35)36-4-2)21(26)23(33)30(22)14-7-8-15-32/h3,5-6,9-10,19-22,32H,1,4,7-8,11-16H2,2H3/t19-,20+,21+,22?,26?/m1/s1. The minimum absolute atomic E-state index is 0.0127. The van der Waals surface area contributed by atoms with Crippen molar-refractivity contribution in [2.75, 3.05) is 26.3 Å². The van der Waals surface area contributed by atoms with E-state index in [1.54, 1.807) is 27.5 Å². The smallest absolute Gasteiger partial charge is 0.312 e. The van der Waals surface area contributed by atoms with Gasteiger partial charge in [-0.25, -0.2) is 4.68 Å². The maximum atomic E-state index is 14.3. The van der Waals surface area contributed by atoms with Crippen LogP contribution in [0.4, 0.5) is 0 Å². The minimum atomic E-state index is -1.10. The summed E-state index contributed by atoms with van der Waals surface area (Å²) in [4.78, 5) is 44.2. The van der Waals surface area contributed by atoms with E-state index in [4.69, 9.17) is 9.47 Å². The van der Waals surface area contributed by atoms with E-state index in [1.807, 2.05) is 24.3 Å². The summed E-state index contributed by atoms with van der Waals surface area (Å²) < 4.78 is 13.4. The summed E-state index contributed by atoms with van der Waals surface area (Å²) >= 11 is 0. The molecule has 1 N–H and O–H groups in total. The molecule has 0 aliphatic carbocycles. The van der Waals surface area contributed by atoms with E-state index >= 15 is 0 Å². The molecule has 4 heterocycles. The van der Waals surface area contributed by atoms with E-state index in [2.05, 4.69) is 16.9 Å². The molecule has 1 aromatic carbocycles. The number of aliphatic hydroxyl groups is 1. The summed E-state index contributed by atoms with van der Waals surface area (Å²) in [6.07, 6.45) is 3.29. The molecular formula is C26H33N5O6. The average molecular weight is 512 g/mol. The van der Waals surface area contributed by atoms with E-state index < -0.39 is 35.6 Å². The lowest BCUT2D eigenvalue weighted by Gasteiger charge is -2.36. The van der Waals surface area contributed by atoms with E-state index in [-0.39, 0.29) is 44.8 Å². The molecule has 2 bridgehead atoms. The lowest BCUT2D eigenvalue weighted by atomic mass is 9.70. The van der Waals surface area contributed by atoms with Crippen molar-refractivity contribution in [2.24, 2.45) is 11.8 Å². The number of likely N-dealkylation sites (tertiary alicyclic amines) is 1. The van der Waals surface area contributed by atoms with Crippen LogP contribution >= 0.6 is 0 Å². The Balaban J connectivity index is 1.50. The molecule has 11 heteroatoms. The second kappa shape index (κ2) is 10.2. The van der Waals surface area contributed by atoms with Gasteiger partial charge in [0.15, 0.2) is 0 Å². The summed E-state index contributed by atoms with van der Waals surface area (Å²) in [7, 11) is 0. The summed E-state index contributed by atoms with van der Waals surface area (Å²) in [5.74, 6) is -2.50. The van der Waals surface area contributed by atoms with Gasteiger partial charge in [-0.1, -0.05) is 23.4 Å². The predicted octanol–water partition coefficient (Wildman–Crippen LogP) is 1.11. The van der Waals surface area contributed by atoms with Gasteiger partial charge in [0.25, 0.3) is 0 Å². The number of unbranched alkanes of at least 4 members (excludes halogenated alkanes) is 1. The van der Waals surface area contributed by atoms with Gasteiger partial charge in [-0.15, -0.1) is 11.7 Å². The first-order valence-corrected chi connectivity index (χ1v) is 12.9. The zero-order chi connectivity index (χ0) is 26.2. The zero-order valence-corrected chi connectivity index (χ0v) is 21.0. The highest BCUT2D eigenvalue weighted by Crippen LogP contribution is 2.58. The fraction of sp³-hybridized carbons (Fsp3) is 0.577. The van der Waals surface area contributed by atoms with Gasteiger partial charge in [0.1, 0.15) is 23.8 Å². The van der Waals surface area contributed by atoms with Gasteiger partial charge >= 0.3 is 5.97 Å². The SMILES string of the molecule is C=CCN(Cn1nnc2ccccc21)C(=O)C1N(CCCCO)C(=O)[C@@H]2[C@@H](C(=O)OCC)[C@H]3CCC12O3. The Labute approximate surface area is 215 Å². The second-order valence-electron chi connectivity index (χ2n) is 9.84. The van der Waals surface area contributed by atoms with Crippen LogP contribution in [0.1, 0.15) is 32.6 Å². The van der Waals surface area contributed by atoms with Crippen LogP contribution < -0.4 is 0 Å². The number of amides is 2. The van der Waals surface area contributed by atoms with Crippen LogP contribution in [0.15, 0.2) is 36.9 Å². The predicted molar refractivity (Wildman–Crippen MR) is 132 cm³/mol. The van der Waals surface area contributed by atoms with Crippen LogP contribution in [0.5, 0.6) is 0 Å². The third-order valence-corrected chi connectivity index (χ3v) is 7.79. The third-order valence-electron chi connectivity index (χ3n) is 7.79. The number of aliphatic hydroxyl groups excluding tert-OH is 1. The van der Waals surface area contributed by atoms with E-state index in [1.165, 1.54) is 0 Å². The summed E-state index contributed by atoms with van der Waals surface area (Å²) in [6, 6.07) is 6.58. The monoisotopic (exact) mass is 511 g/mol. The van der Waals surface area contributed by atoms with Crippen LogP contribution in [-0.4, -0.2) is 91.7 Å². The van der Waals surface area contributed by atoms with Gasteiger partial charge in [-0.2, -0.15) is 0 Å². The molecule has 5 rings (SSSR count). The number of ether oxygens (including phenoxy) is 2. The molecular weight excluding hydrogens is 478 g/mol. The van der Waals surface area contributed by atoms with Gasteiger partial charge in [0, 0.05) is 19.7 Å². The fourth-order valence-electron chi connectivity index (χ4n) is 6.30. The largest absolute Gasteiger partial charge is 0.466 e. The van der Waals surface area contributed by atoms with Crippen molar-refractivity contribution >= 4 is 28.8 Å². The first kappa shape index (κ1) is 25.3. The fourth-order valence-corrected chi connectivity index (χ4v) is 6.30. The number of esters is 1. The molecule has 2 aromatic rings. The lowest BCUT2D eigenvalue weighted by molar-refractivity contribution is -0.155. The van der Waals surface area contributed by atoms with Gasteiger partial charge < -0.3 is 24.4 Å². The number of carbonyl (C=O) groups excluding carboxylic acids is 3. The van der Waals surface area contributed by atoms with E-state index in [0.29, 0.717) is 31.2 Å². The number of carbonyl (C=O) groups is 3. The highest BCUT2D eigenvalue weighted by molar-refractivity contribution is 5.98. The Morgan fingerprint density at radius 1 is 1.35 bits per heavy atom. The molecule has 2 unspecified atom stereocenters. The quantitative estimate of drug-likeness (QED) is 0.270. The van der Waals surface area contributed by atoms with Crippen LogP contribution in [-0.2, 0) is 30.5 Å². The van der Waals surface area contributed by atoms with Gasteiger partial charge in [-0.3, -0.25) is 14.4 Å². The topological polar surface area (TPSA) is 127 Å². The molecule has 37 heavy (non-hydrogen) atoms. The number of hydrogen-bond donors (Lipinski definition) is 1. The maximum Gasteiger partial charge on any atom is 0.312 e. The van der Waals surface area contributed by atoms with Crippen LogP contribution in [0.3, 0.4) is 0 Å². The van der Waals surface area contributed by atoms with E-state index in [0.717, 1.165) is 5.52 Å². The third kappa shape index (κ3) is 4.10. The van der Waals surface area contributed by atoms with E-state index in [9.17, 15) is 19.5 Å². The number of aromatic nitrogens is 3. The van der Waals surface area contributed by atoms with Crippen molar-refractivity contribution in [3.63, 3.8) is 0 Å². The molecule has 3 fully saturated rings. The van der Waals surface area contributed by atoms with Gasteiger partial charge in [0.05, 0.1) is 30.1 Å². The molecule has 3 aliphatic rings. The van der Waals surface area contributed by atoms with Crippen LogP contribution in [0.25, 0.3) is 11.0 Å². The molecule has 0 saturated carbocycles. The van der Waals surface area contributed by atoms with Crippen molar-refractivity contribution in [3.05, 3.63) is 36.9 Å². The molecule has 11 nitrogen and oxygen atoms in total. The van der Waals surface area contributed by atoms with Crippen molar-refractivity contribution in [1.29, 1.82) is 0 Å². The molecule has 1 spiro atoms. The Hall–Kier alpha value is -3.31. The molecule has 0 radical (unpaired) electrons. The van der Waals surface area contributed by atoms with Crippen molar-refractivity contribution in [2.45, 2.75) is 57.0 Å². The summed E-state index contributed by atoms with van der Waals surface area (Å²) in [5, 5.41) is 17.7. The molecule has 198 valence electrons. The molecule has 3 aliphatic heterocycles. The number of para-hydroxylation sites is 1. The number of nitrogens with zero attached hydrogens (tertiary/aromatic N) is 5. The maximum absolute atomic E-state index is 14.3. The lowest BCUT2D eigenvalue weighted by Crippen LogP contribution is -2.56. The van der Waals surface area contributed by atoms with Crippen molar-refractivity contribution in [1.82, 2.24) is 24.8 Å².